The monoisotopic (exact) mass is 372 g/mol. The van der Waals surface area contributed by atoms with Gasteiger partial charge < -0.3 is 20.3 Å². The number of carboxylic acids is 1. The number of halogens is 1. The van der Waals surface area contributed by atoms with Crippen LogP contribution in [0.15, 0.2) is 36.5 Å². The van der Waals surface area contributed by atoms with Gasteiger partial charge in [-0.05, 0) is 36.3 Å². The minimum absolute atomic E-state index is 0.0295. The molecule has 0 amide bonds. The van der Waals surface area contributed by atoms with Crippen LogP contribution in [0, 0.1) is 11.8 Å². The molecule has 1 aliphatic rings. The second kappa shape index (κ2) is 7.65. The Hall–Kier alpha value is -2.75. The molecule has 0 aliphatic heterocycles. The van der Waals surface area contributed by atoms with Gasteiger partial charge in [-0.25, -0.2) is 0 Å². The lowest BCUT2D eigenvalue weighted by atomic mass is 10.2. The van der Waals surface area contributed by atoms with E-state index in [1.54, 1.807) is 30.5 Å². The van der Waals surface area contributed by atoms with Crippen molar-refractivity contribution in [1.29, 1.82) is 0 Å². The molecule has 26 heavy (non-hydrogen) atoms. The van der Waals surface area contributed by atoms with Crippen molar-refractivity contribution in [2.45, 2.75) is 25.0 Å². The van der Waals surface area contributed by atoms with Gasteiger partial charge >= 0.3 is 5.97 Å². The Balaban J connectivity index is 1.65. The van der Waals surface area contributed by atoms with Crippen molar-refractivity contribution in [2.24, 2.45) is 0 Å². The molecule has 1 aromatic heterocycles. The maximum atomic E-state index is 10.5. The van der Waals surface area contributed by atoms with Gasteiger partial charge in [-0.2, -0.15) is 0 Å². The Kier molecular flexibility index (Phi) is 5.31. The van der Waals surface area contributed by atoms with Gasteiger partial charge in [0, 0.05) is 36.2 Å². The molecule has 6 nitrogen and oxygen atoms in total. The highest BCUT2D eigenvalue weighted by molar-refractivity contribution is 6.30. The SMILES string of the molecule is O=C(O)CNCc1ncc(C#CC2(Oc3ccc(Cl)cc3)CC2)cc1O. The molecule has 1 aliphatic carbocycles. The molecule has 1 heterocycles. The van der Waals surface area contributed by atoms with E-state index in [9.17, 15) is 9.90 Å². The van der Waals surface area contributed by atoms with Crippen LogP contribution in [0.3, 0.4) is 0 Å². The van der Waals surface area contributed by atoms with Crippen LogP contribution in [0.25, 0.3) is 0 Å². The number of aliphatic carboxylic acids is 1. The number of pyridine rings is 1. The summed E-state index contributed by atoms with van der Waals surface area (Å²) in [5.74, 6) is 5.80. The smallest absolute Gasteiger partial charge is 0.317 e. The van der Waals surface area contributed by atoms with Gasteiger partial charge in [0.1, 0.15) is 11.5 Å². The van der Waals surface area contributed by atoms with Gasteiger partial charge in [0.05, 0.1) is 12.2 Å². The lowest BCUT2D eigenvalue weighted by molar-refractivity contribution is -0.136. The first-order valence-corrected chi connectivity index (χ1v) is 8.42. The summed E-state index contributed by atoms with van der Waals surface area (Å²) in [7, 11) is 0. The zero-order valence-electron chi connectivity index (χ0n) is 13.8. The number of carbonyl (C=O) groups is 1. The van der Waals surface area contributed by atoms with E-state index < -0.39 is 11.6 Å². The van der Waals surface area contributed by atoms with Crippen LogP contribution >= 0.6 is 11.6 Å². The summed E-state index contributed by atoms with van der Waals surface area (Å²) in [5.41, 5.74) is 0.427. The van der Waals surface area contributed by atoms with E-state index in [0.29, 0.717) is 22.0 Å². The number of ether oxygens (including phenoxy) is 1. The van der Waals surface area contributed by atoms with E-state index in [-0.39, 0.29) is 18.8 Å². The predicted molar refractivity (Wildman–Crippen MR) is 96.2 cm³/mol. The summed E-state index contributed by atoms with van der Waals surface area (Å²) in [6, 6.07) is 8.64. The molecule has 0 unspecified atom stereocenters. The Labute approximate surface area is 155 Å². The van der Waals surface area contributed by atoms with Gasteiger partial charge in [0.2, 0.25) is 0 Å². The molecular weight excluding hydrogens is 356 g/mol. The van der Waals surface area contributed by atoms with E-state index in [1.165, 1.54) is 6.07 Å². The first-order chi connectivity index (χ1) is 12.5. The summed E-state index contributed by atoms with van der Waals surface area (Å²) in [6.45, 7) is -0.0390. The molecule has 7 heteroatoms. The largest absolute Gasteiger partial charge is 0.506 e. The molecule has 3 N–H and O–H groups in total. The van der Waals surface area contributed by atoms with Gasteiger partial charge in [-0.1, -0.05) is 17.5 Å². The van der Waals surface area contributed by atoms with Crippen molar-refractivity contribution < 1.29 is 19.7 Å². The van der Waals surface area contributed by atoms with Gasteiger partial charge in [-0.15, -0.1) is 0 Å². The summed E-state index contributed by atoms with van der Waals surface area (Å²) in [4.78, 5) is 14.6. The maximum absolute atomic E-state index is 10.5. The molecule has 3 rings (SSSR count). The number of aromatic hydroxyl groups is 1. The molecule has 1 saturated carbocycles. The molecule has 1 fully saturated rings. The molecule has 134 valence electrons. The van der Waals surface area contributed by atoms with Crippen molar-refractivity contribution in [3.8, 4) is 23.3 Å². The third kappa shape index (κ3) is 4.88. The number of hydrogen-bond acceptors (Lipinski definition) is 5. The number of carboxylic acid groups (broad SMARTS) is 1. The Bertz CT molecular complexity index is 867. The highest BCUT2D eigenvalue weighted by Crippen LogP contribution is 2.40. The minimum atomic E-state index is -0.970. The van der Waals surface area contributed by atoms with Crippen LogP contribution in [0.1, 0.15) is 24.1 Å². The number of hydrogen-bond donors (Lipinski definition) is 3. The Morgan fingerprint density at radius 2 is 2.08 bits per heavy atom. The fourth-order valence-corrected chi connectivity index (χ4v) is 2.38. The number of aromatic nitrogens is 1. The molecular formula is C19H17ClN2O4. The molecule has 1 aromatic carbocycles. The lowest BCUT2D eigenvalue weighted by Gasteiger charge is -2.11. The van der Waals surface area contributed by atoms with Crippen LogP contribution in [-0.4, -0.2) is 33.3 Å². The minimum Gasteiger partial charge on any atom is -0.506 e. The van der Waals surface area contributed by atoms with Gasteiger partial charge in [-0.3, -0.25) is 9.78 Å². The molecule has 0 radical (unpaired) electrons. The summed E-state index contributed by atoms with van der Waals surface area (Å²) in [6.07, 6.45) is 3.21. The van der Waals surface area contributed by atoms with Crippen molar-refractivity contribution >= 4 is 17.6 Å². The van der Waals surface area contributed by atoms with E-state index in [0.717, 1.165) is 12.8 Å². The second-order valence-corrected chi connectivity index (χ2v) is 6.42. The summed E-state index contributed by atoms with van der Waals surface area (Å²) < 4.78 is 5.94. The van der Waals surface area contributed by atoms with Crippen molar-refractivity contribution in [2.75, 3.05) is 6.54 Å². The van der Waals surface area contributed by atoms with Gasteiger partial charge in [0.25, 0.3) is 0 Å². The zero-order valence-corrected chi connectivity index (χ0v) is 14.6. The van der Waals surface area contributed by atoms with E-state index in [1.807, 2.05) is 0 Å². The fraction of sp³-hybridized carbons (Fsp3) is 0.263. The lowest BCUT2D eigenvalue weighted by Crippen LogP contribution is -2.22. The Morgan fingerprint density at radius 3 is 2.69 bits per heavy atom. The van der Waals surface area contributed by atoms with Crippen LogP contribution < -0.4 is 10.1 Å². The van der Waals surface area contributed by atoms with E-state index >= 15 is 0 Å². The summed E-state index contributed by atoms with van der Waals surface area (Å²) in [5, 5.41) is 21.9. The molecule has 0 bridgehead atoms. The van der Waals surface area contributed by atoms with Crippen LogP contribution in [0.4, 0.5) is 0 Å². The number of benzene rings is 1. The third-order valence-electron chi connectivity index (χ3n) is 3.78. The van der Waals surface area contributed by atoms with E-state index in [4.69, 9.17) is 21.4 Å². The first-order valence-electron chi connectivity index (χ1n) is 8.04. The molecule has 0 atom stereocenters. The average Bonchev–Trinajstić information content (AvgIpc) is 3.36. The molecule has 2 aromatic rings. The van der Waals surface area contributed by atoms with Gasteiger partial charge in [0.15, 0.2) is 5.60 Å². The van der Waals surface area contributed by atoms with Crippen molar-refractivity contribution in [3.63, 3.8) is 0 Å². The Morgan fingerprint density at radius 1 is 1.35 bits per heavy atom. The van der Waals surface area contributed by atoms with Crippen molar-refractivity contribution in [1.82, 2.24) is 10.3 Å². The number of nitrogens with zero attached hydrogens (tertiary/aromatic N) is 1. The second-order valence-electron chi connectivity index (χ2n) is 5.99. The maximum Gasteiger partial charge on any atom is 0.317 e. The van der Waals surface area contributed by atoms with Crippen LogP contribution in [0.2, 0.25) is 5.02 Å². The van der Waals surface area contributed by atoms with Crippen LogP contribution in [0.5, 0.6) is 11.5 Å². The standard InChI is InChI=1S/C19H17ClN2O4/c20-14-1-3-15(4-2-14)26-19(7-8-19)6-5-13-9-17(23)16(22-10-13)11-21-12-18(24)25/h1-4,9-10,21,23H,7-8,11-12H2,(H,24,25). The van der Waals surface area contributed by atoms with Crippen LogP contribution in [-0.2, 0) is 11.3 Å². The highest BCUT2D eigenvalue weighted by Gasteiger charge is 2.44. The molecule has 0 spiro atoms. The average molecular weight is 373 g/mol. The quantitative estimate of drug-likeness (QED) is 0.675. The topological polar surface area (TPSA) is 91.7 Å². The fourth-order valence-electron chi connectivity index (χ4n) is 2.25. The van der Waals surface area contributed by atoms with Crippen molar-refractivity contribution in [3.05, 3.63) is 52.8 Å². The predicted octanol–water partition coefficient (Wildman–Crippen LogP) is 2.58. The highest BCUT2D eigenvalue weighted by atomic mass is 35.5. The zero-order chi connectivity index (χ0) is 18.6. The molecule has 0 saturated heterocycles. The van der Waals surface area contributed by atoms with E-state index in [2.05, 4.69) is 22.1 Å². The first kappa shape index (κ1) is 18.1. The summed E-state index contributed by atoms with van der Waals surface area (Å²) >= 11 is 5.87. The number of nitrogens with one attached hydrogen (secondary N) is 1. The third-order valence-corrected chi connectivity index (χ3v) is 4.03. The number of rotatable bonds is 6. The normalized spacial score (nSPS) is 14.2.